The average Bonchev–Trinajstić information content (AvgIpc) is 3.02. The molecule has 1 aliphatic heterocycles. The number of carboxylic acids is 1. The van der Waals surface area contributed by atoms with Crippen molar-refractivity contribution in [3.05, 3.63) is 93.0 Å². The lowest BCUT2D eigenvalue weighted by atomic mass is 9.93. The van der Waals surface area contributed by atoms with Gasteiger partial charge in [0.05, 0.1) is 29.4 Å². The highest BCUT2D eigenvalue weighted by atomic mass is 19.4. The van der Waals surface area contributed by atoms with Gasteiger partial charge < -0.3 is 24.6 Å². The Morgan fingerprint density at radius 3 is 2.34 bits per heavy atom. The molecule has 0 radical (unpaired) electrons. The molecule has 2 aromatic heterocycles. The average molecular weight is 713 g/mol. The van der Waals surface area contributed by atoms with Crippen LogP contribution in [0.1, 0.15) is 34.1 Å². The van der Waals surface area contributed by atoms with Crippen LogP contribution in [-0.4, -0.2) is 64.0 Å². The number of amides is 1. The van der Waals surface area contributed by atoms with Gasteiger partial charge in [-0.3, -0.25) is 14.6 Å². The van der Waals surface area contributed by atoms with Gasteiger partial charge >= 0.3 is 18.3 Å². The monoisotopic (exact) mass is 712 g/mol. The van der Waals surface area contributed by atoms with Gasteiger partial charge in [0.15, 0.2) is 0 Å². The van der Waals surface area contributed by atoms with E-state index in [9.17, 15) is 45.8 Å². The van der Waals surface area contributed by atoms with Gasteiger partial charge in [0.25, 0.3) is 11.5 Å². The molecule has 3 atom stereocenters. The van der Waals surface area contributed by atoms with E-state index >= 15 is 8.78 Å². The minimum absolute atomic E-state index is 0.0451. The molecule has 1 saturated heterocycles. The fourth-order valence-corrected chi connectivity index (χ4v) is 5.87. The summed E-state index contributed by atoms with van der Waals surface area (Å²) in [5.41, 5.74) is -4.72. The fourth-order valence-electron chi connectivity index (χ4n) is 5.87. The maximum atomic E-state index is 15.2. The predicted octanol–water partition coefficient (Wildman–Crippen LogP) is 5.79. The Hall–Kier alpha value is -5.06. The molecule has 9 nitrogen and oxygen atoms in total. The van der Waals surface area contributed by atoms with Crippen LogP contribution < -0.4 is 15.8 Å². The largest absolute Gasteiger partial charge is 0.480 e. The molecule has 17 heteroatoms. The summed E-state index contributed by atoms with van der Waals surface area (Å²) in [5, 5.41) is 12.1. The Balaban J connectivity index is 1.48. The number of aliphatic carboxylic acids is 1. The highest BCUT2D eigenvalue weighted by Crippen LogP contribution is 2.39. The molecule has 266 valence electrons. The summed E-state index contributed by atoms with van der Waals surface area (Å²) in [5.74, 6) is -6.29. The number of ether oxygens (including phenoxy) is 1. The number of carbonyl (C=O) groups excluding carboxylic acids is 1. The summed E-state index contributed by atoms with van der Waals surface area (Å²) in [7, 11) is 1.30. The molecular formula is C33H28F8N4O5. The number of carboxylic acid groups (broad SMARTS) is 1. The number of rotatable bonds is 7. The molecule has 1 amide bonds. The van der Waals surface area contributed by atoms with Gasteiger partial charge in [-0.05, 0) is 43.7 Å². The van der Waals surface area contributed by atoms with Crippen LogP contribution >= 0.6 is 0 Å². The van der Waals surface area contributed by atoms with E-state index in [-0.39, 0.29) is 34.3 Å². The first-order chi connectivity index (χ1) is 23.3. The third-order valence-electron chi connectivity index (χ3n) is 8.46. The van der Waals surface area contributed by atoms with Gasteiger partial charge in [0, 0.05) is 48.5 Å². The Morgan fingerprint density at radius 2 is 1.74 bits per heavy atom. The van der Waals surface area contributed by atoms with Gasteiger partial charge in [-0.15, -0.1) is 0 Å². The van der Waals surface area contributed by atoms with Gasteiger partial charge in [-0.2, -0.15) is 26.3 Å². The van der Waals surface area contributed by atoms with Crippen molar-refractivity contribution in [2.45, 2.75) is 50.8 Å². The zero-order valence-electron chi connectivity index (χ0n) is 26.4. The summed E-state index contributed by atoms with van der Waals surface area (Å²) in [6, 6.07) is 3.03. The number of alkyl halides is 6. The predicted molar refractivity (Wildman–Crippen MR) is 164 cm³/mol. The lowest BCUT2D eigenvalue weighted by Gasteiger charge is -2.41. The second-order valence-corrected chi connectivity index (χ2v) is 11.8. The van der Waals surface area contributed by atoms with E-state index in [0.717, 1.165) is 16.7 Å². The third kappa shape index (κ3) is 6.99. The van der Waals surface area contributed by atoms with Crippen LogP contribution in [0.2, 0.25) is 0 Å². The molecule has 50 heavy (non-hydrogen) atoms. The number of anilines is 1. The highest BCUT2D eigenvalue weighted by molar-refractivity contribution is 5.99. The first-order valence-corrected chi connectivity index (χ1v) is 14.9. The Kier molecular flexibility index (Phi) is 9.66. The zero-order valence-corrected chi connectivity index (χ0v) is 26.4. The number of aromatic nitrogens is 2. The van der Waals surface area contributed by atoms with E-state index in [1.54, 1.807) is 0 Å². The summed E-state index contributed by atoms with van der Waals surface area (Å²) in [6.07, 6.45) is -9.75. The summed E-state index contributed by atoms with van der Waals surface area (Å²) < 4.78 is 120. The SMILES string of the molecule is Cc1cc(C(F)(F)F)c(-c2ccc(C[C@H](NC(=O)c3c(F)cc(N4C[C@H](C)OC[C@@H]4C(F)(F)F)cc3F)C(=O)O)c3cccnc23)c(=O)n1C. The molecule has 2 N–H and O–H groups in total. The standard InChI is InChI=1S/C33H28F8N4O5/c1-15-9-21(32(36,37)38)26(30(47)44(15)3)20-7-6-17(19-5-4-8-42-28(19)20)10-24(31(48)49)43-29(46)27-22(34)11-18(12-23(27)35)45-13-16(2)50-14-25(45)33(39,40)41/h4-9,11-12,16,24-25H,10,13-14H2,1-3H3,(H,43,46)(H,48,49)/t16-,24-,25+/m0/s1. The summed E-state index contributed by atoms with van der Waals surface area (Å²) >= 11 is 0. The number of nitrogens with zero attached hydrogens (tertiary/aromatic N) is 3. The van der Waals surface area contributed by atoms with E-state index in [4.69, 9.17) is 4.74 Å². The van der Waals surface area contributed by atoms with Crippen LogP contribution in [0, 0.1) is 18.6 Å². The third-order valence-corrected chi connectivity index (χ3v) is 8.46. The lowest BCUT2D eigenvalue weighted by molar-refractivity contribution is -0.173. The Bertz CT molecular complexity index is 2020. The second-order valence-electron chi connectivity index (χ2n) is 11.8. The number of fused-ring (bicyclic) bond motifs is 1. The number of morpholine rings is 1. The van der Waals surface area contributed by atoms with Crippen molar-refractivity contribution in [3.63, 3.8) is 0 Å². The van der Waals surface area contributed by atoms with Gasteiger partial charge in [-0.25, -0.2) is 13.6 Å². The molecule has 0 saturated carbocycles. The van der Waals surface area contributed by atoms with Crippen LogP contribution in [0.25, 0.3) is 22.0 Å². The van der Waals surface area contributed by atoms with E-state index in [1.165, 1.54) is 45.3 Å². The molecule has 0 spiro atoms. The van der Waals surface area contributed by atoms with Gasteiger partial charge in [0.1, 0.15) is 29.3 Å². The number of aryl methyl sites for hydroxylation is 1. The Morgan fingerprint density at radius 1 is 1.08 bits per heavy atom. The maximum Gasteiger partial charge on any atom is 0.417 e. The van der Waals surface area contributed by atoms with Crippen molar-refractivity contribution in [3.8, 4) is 11.1 Å². The number of carbonyl (C=O) groups is 2. The van der Waals surface area contributed by atoms with Crippen LogP contribution in [-0.2, 0) is 29.2 Å². The van der Waals surface area contributed by atoms with Crippen molar-refractivity contribution < 1.29 is 54.6 Å². The normalized spacial score (nSPS) is 17.5. The number of hydrogen-bond acceptors (Lipinski definition) is 6. The lowest BCUT2D eigenvalue weighted by Crippen LogP contribution is -2.56. The highest BCUT2D eigenvalue weighted by Gasteiger charge is 2.47. The number of hydrogen-bond donors (Lipinski definition) is 2. The molecule has 0 aliphatic carbocycles. The van der Waals surface area contributed by atoms with Crippen LogP contribution in [0.5, 0.6) is 0 Å². The van der Waals surface area contributed by atoms with E-state index in [2.05, 4.69) is 4.98 Å². The van der Waals surface area contributed by atoms with Crippen molar-refractivity contribution in [1.29, 1.82) is 0 Å². The van der Waals surface area contributed by atoms with E-state index in [0.29, 0.717) is 17.0 Å². The van der Waals surface area contributed by atoms with Crippen molar-refractivity contribution in [2.75, 3.05) is 18.1 Å². The first-order valence-electron chi connectivity index (χ1n) is 14.9. The number of pyridine rings is 2. The molecule has 1 aliphatic rings. The molecule has 3 heterocycles. The minimum atomic E-state index is -4.92. The maximum absolute atomic E-state index is 15.2. The summed E-state index contributed by atoms with van der Waals surface area (Å²) in [4.78, 5) is 43.3. The smallest absolute Gasteiger partial charge is 0.417 e. The molecule has 0 bridgehead atoms. The second kappa shape index (κ2) is 13.3. The zero-order chi connectivity index (χ0) is 36.9. The van der Waals surface area contributed by atoms with Crippen LogP contribution in [0.3, 0.4) is 0 Å². The fraction of sp³-hybridized carbons (Fsp3) is 0.333. The molecule has 2 aromatic carbocycles. The van der Waals surface area contributed by atoms with Crippen molar-refractivity contribution in [2.24, 2.45) is 7.05 Å². The van der Waals surface area contributed by atoms with E-state index in [1.807, 2.05) is 5.32 Å². The van der Waals surface area contributed by atoms with E-state index < -0.39 is 95.0 Å². The Labute approximate surface area is 278 Å². The molecule has 5 rings (SSSR count). The first kappa shape index (κ1) is 36.2. The molecule has 4 aromatic rings. The van der Waals surface area contributed by atoms with Crippen LogP contribution in [0.4, 0.5) is 40.8 Å². The molecular weight excluding hydrogens is 684 g/mol. The minimum Gasteiger partial charge on any atom is -0.480 e. The van der Waals surface area contributed by atoms with Crippen molar-refractivity contribution in [1.82, 2.24) is 14.9 Å². The summed E-state index contributed by atoms with van der Waals surface area (Å²) in [6.45, 7) is 1.64. The number of nitrogens with one attached hydrogen (secondary N) is 1. The van der Waals surface area contributed by atoms with Crippen molar-refractivity contribution >= 4 is 28.5 Å². The quantitative estimate of drug-likeness (QED) is 0.234. The topological polar surface area (TPSA) is 114 Å². The van der Waals surface area contributed by atoms with Gasteiger partial charge in [0.2, 0.25) is 0 Å². The van der Waals surface area contributed by atoms with Crippen LogP contribution in [0.15, 0.2) is 53.5 Å². The number of benzene rings is 2. The number of halogens is 8. The van der Waals surface area contributed by atoms with Gasteiger partial charge in [-0.1, -0.05) is 18.2 Å². The molecule has 0 unspecified atom stereocenters. The molecule has 1 fully saturated rings.